The number of halogens is 1. The molecule has 0 fully saturated rings. The van der Waals surface area contributed by atoms with Gasteiger partial charge in [0.05, 0.1) is 0 Å². The Bertz CT molecular complexity index is 402. The van der Waals surface area contributed by atoms with Crippen LogP contribution in [0.3, 0.4) is 0 Å². The largest absolute Gasteiger partial charge is 0.336 e. The molecule has 19 heavy (non-hydrogen) atoms. The van der Waals surface area contributed by atoms with Gasteiger partial charge >= 0.3 is 0 Å². The van der Waals surface area contributed by atoms with Crippen LogP contribution in [-0.2, 0) is 6.42 Å². The van der Waals surface area contributed by atoms with Crippen molar-refractivity contribution in [1.29, 1.82) is 0 Å². The highest BCUT2D eigenvalue weighted by molar-refractivity contribution is 5.95. The first-order chi connectivity index (χ1) is 9.01. The Hall–Kier alpha value is -1.38. The lowest BCUT2D eigenvalue weighted by molar-refractivity contribution is 0.0715. The molecule has 0 N–H and O–H groups in total. The molecule has 0 aliphatic heterocycles. The highest BCUT2D eigenvalue weighted by Crippen LogP contribution is 2.16. The highest BCUT2D eigenvalue weighted by Gasteiger charge is 2.19. The van der Waals surface area contributed by atoms with Crippen LogP contribution in [0.15, 0.2) is 18.2 Å². The molecule has 1 aromatic carbocycles. The highest BCUT2D eigenvalue weighted by atomic mass is 19.1. The fourth-order valence-corrected chi connectivity index (χ4v) is 1.95. The number of benzene rings is 1. The zero-order valence-electron chi connectivity index (χ0n) is 13.0. The first-order valence-electron chi connectivity index (χ1n) is 7.10. The van der Waals surface area contributed by atoms with E-state index in [4.69, 9.17) is 0 Å². The van der Waals surface area contributed by atoms with Gasteiger partial charge in [-0.25, -0.2) is 4.39 Å². The van der Waals surface area contributed by atoms with Crippen LogP contribution in [-0.4, -0.2) is 23.4 Å². The van der Waals surface area contributed by atoms with Crippen molar-refractivity contribution >= 4 is 5.91 Å². The maximum absolute atomic E-state index is 13.2. The summed E-state index contributed by atoms with van der Waals surface area (Å²) in [6, 6.07) is 4.56. The summed E-state index contributed by atoms with van der Waals surface area (Å²) >= 11 is 0. The van der Waals surface area contributed by atoms with E-state index in [0.717, 1.165) is 12.0 Å². The molecule has 0 aliphatic carbocycles. The quantitative estimate of drug-likeness (QED) is 0.797. The van der Waals surface area contributed by atoms with Crippen LogP contribution < -0.4 is 0 Å². The maximum Gasteiger partial charge on any atom is 0.254 e. The first-order valence-corrected chi connectivity index (χ1v) is 7.10. The van der Waals surface area contributed by atoms with Crippen molar-refractivity contribution in [2.75, 3.05) is 6.54 Å². The Balaban J connectivity index is 0.00000154. The molecule has 0 aliphatic rings. The molecule has 1 amide bonds. The van der Waals surface area contributed by atoms with E-state index in [9.17, 15) is 9.18 Å². The smallest absolute Gasteiger partial charge is 0.254 e. The van der Waals surface area contributed by atoms with Gasteiger partial charge in [-0.05, 0) is 44.9 Å². The summed E-state index contributed by atoms with van der Waals surface area (Å²) in [7, 11) is 0. The molecule has 1 rings (SSSR count). The summed E-state index contributed by atoms with van der Waals surface area (Å²) in [5, 5.41) is 0. The van der Waals surface area contributed by atoms with Crippen LogP contribution in [0.2, 0.25) is 0 Å². The molecular formula is C16H26FNO. The SMILES string of the molecule is CC.CCc1ccc(F)cc1C(=O)N(CC)C(C)C. The van der Waals surface area contributed by atoms with E-state index in [1.54, 1.807) is 11.0 Å². The molecule has 0 unspecified atom stereocenters. The average Bonchev–Trinajstić information content (AvgIpc) is 2.41. The molecule has 0 aromatic heterocycles. The third-order valence-corrected chi connectivity index (χ3v) is 2.91. The Kier molecular flexibility index (Phi) is 8.05. The molecule has 0 saturated heterocycles. The van der Waals surface area contributed by atoms with E-state index in [2.05, 4.69) is 0 Å². The maximum atomic E-state index is 13.2. The second-order valence-electron chi connectivity index (χ2n) is 4.34. The van der Waals surface area contributed by atoms with Crippen molar-refractivity contribution in [3.05, 3.63) is 35.1 Å². The average molecular weight is 267 g/mol. The molecule has 108 valence electrons. The van der Waals surface area contributed by atoms with E-state index >= 15 is 0 Å². The van der Waals surface area contributed by atoms with Gasteiger partial charge in [0.25, 0.3) is 5.91 Å². The molecule has 3 heteroatoms. The molecular weight excluding hydrogens is 241 g/mol. The van der Waals surface area contributed by atoms with Crippen LogP contribution in [0.1, 0.15) is 57.5 Å². The van der Waals surface area contributed by atoms with Crippen molar-refractivity contribution in [3.8, 4) is 0 Å². The fraction of sp³-hybridized carbons (Fsp3) is 0.562. The number of amides is 1. The summed E-state index contributed by atoms with van der Waals surface area (Å²) in [6.07, 6.45) is 0.733. The lowest BCUT2D eigenvalue weighted by Crippen LogP contribution is -2.37. The minimum Gasteiger partial charge on any atom is -0.336 e. The number of rotatable bonds is 4. The summed E-state index contributed by atoms with van der Waals surface area (Å²) in [5.41, 5.74) is 1.39. The molecule has 0 heterocycles. The normalized spacial score (nSPS) is 9.89. The fourth-order valence-electron chi connectivity index (χ4n) is 1.95. The van der Waals surface area contributed by atoms with Crippen molar-refractivity contribution in [1.82, 2.24) is 4.90 Å². The standard InChI is InChI=1S/C14H20FNO.C2H6/c1-5-11-7-8-12(15)9-13(11)14(17)16(6-2)10(3)4;1-2/h7-10H,5-6H2,1-4H3;1-2H3. The lowest BCUT2D eigenvalue weighted by atomic mass is 10.0. The van der Waals surface area contributed by atoms with Crippen LogP contribution in [0.25, 0.3) is 0 Å². The topological polar surface area (TPSA) is 20.3 Å². The van der Waals surface area contributed by atoms with Crippen LogP contribution in [0, 0.1) is 5.82 Å². The number of hydrogen-bond acceptors (Lipinski definition) is 1. The van der Waals surface area contributed by atoms with E-state index < -0.39 is 0 Å². The second-order valence-corrected chi connectivity index (χ2v) is 4.34. The Morgan fingerprint density at radius 1 is 1.26 bits per heavy atom. The van der Waals surface area contributed by atoms with Gasteiger partial charge < -0.3 is 4.90 Å². The summed E-state index contributed by atoms with van der Waals surface area (Å²) in [4.78, 5) is 14.1. The third-order valence-electron chi connectivity index (χ3n) is 2.91. The van der Waals surface area contributed by atoms with Crippen LogP contribution in [0.4, 0.5) is 4.39 Å². The van der Waals surface area contributed by atoms with Gasteiger partial charge in [0, 0.05) is 18.2 Å². The minimum atomic E-state index is -0.356. The van der Waals surface area contributed by atoms with Gasteiger partial charge in [0.2, 0.25) is 0 Å². The summed E-state index contributed by atoms with van der Waals surface area (Å²) < 4.78 is 13.2. The first kappa shape index (κ1) is 17.6. The number of carbonyl (C=O) groups excluding carboxylic acids is 1. The van der Waals surface area contributed by atoms with Gasteiger partial charge in [-0.15, -0.1) is 0 Å². The van der Waals surface area contributed by atoms with Gasteiger partial charge in [0.15, 0.2) is 0 Å². The zero-order valence-corrected chi connectivity index (χ0v) is 13.0. The van der Waals surface area contributed by atoms with Gasteiger partial charge in [0.1, 0.15) is 5.82 Å². The Labute approximate surface area is 116 Å². The molecule has 2 nitrogen and oxygen atoms in total. The summed E-state index contributed by atoms with van der Waals surface area (Å²) in [5.74, 6) is -0.441. The number of aryl methyl sites for hydroxylation is 1. The minimum absolute atomic E-state index is 0.0844. The van der Waals surface area contributed by atoms with E-state index in [0.29, 0.717) is 12.1 Å². The lowest BCUT2D eigenvalue weighted by Gasteiger charge is -2.26. The third kappa shape index (κ3) is 4.66. The number of hydrogen-bond donors (Lipinski definition) is 0. The van der Waals surface area contributed by atoms with Crippen molar-refractivity contribution in [3.63, 3.8) is 0 Å². The number of nitrogens with zero attached hydrogens (tertiary/aromatic N) is 1. The van der Waals surface area contributed by atoms with E-state index in [-0.39, 0.29) is 17.8 Å². The van der Waals surface area contributed by atoms with E-state index in [1.807, 2.05) is 41.5 Å². The molecule has 0 spiro atoms. The predicted molar refractivity (Wildman–Crippen MR) is 79.0 cm³/mol. The molecule has 0 saturated carbocycles. The van der Waals surface area contributed by atoms with Crippen LogP contribution in [0.5, 0.6) is 0 Å². The molecule has 0 radical (unpaired) electrons. The van der Waals surface area contributed by atoms with Gasteiger partial charge in [-0.2, -0.15) is 0 Å². The molecule has 1 aromatic rings. The second kappa shape index (κ2) is 8.68. The zero-order chi connectivity index (χ0) is 15.0. The van der Waals surface area contributed by atoms with Gasteiger partial charge in [-0.1, -0.05) is 26.8 Å². The van der Waals surface area contributed by atoms with E-state index in [1.165, 1.54) is 12.1 Å². The predicted octanol–water partition coefficient (Wildman–Crippen LogP) is 4.28. The Morgan fingerprint density at radius 3 is 2.26 bits per heavy atom. The summed E-state index contributed by atoms with van der Waals surface area (Å²) in [6.45, 7) is 12.5. The van der Waals surface area contributed by atoms with Crippen molar-refractivity contribution in [2.45, 2.75) is 54.0 Å². The van der Waals surface area contributed by atoms with Gasteiger partial charge in [-0.3, -0.25) is 4.79 Å². The van der Waals surface area contributed by atoms with Crippen LogP contribution >= 0.6 is 0 Å². The Morgan fingerprint density at radius 2 is 1.84 bits per heavy atom. The van der Waals surface area contributed by atoms with Crippen molar-refractivity contribution < 1.29 is 9.18 Å². The molecule has 0 bridgehead atoms. The van der Waals surface area contributed by atoms with Crippen molar-refractivity contribution in [2.24, 2.45) is 0 Å². The number of carbonyl (C=O) groups is 1. The monoisotopic (exact) mass is 267 g/mol. The molecule has 0 atom stereocenters.